The second kappa shape index (κ2) is 13.1. The molecule has 0 atom stereocenters. The van der Waals surface area contributed by atoms with Crippen molar-refractivity contribution in [3.05, 3.63) is 65.2 Å². The summed E-state index contributed by atoms with van der Waals surface area (Å²) in [6.07, 6.45) is 1.38. The monoisotopic (exact) mass is 571 g/mol. The number of hydrazone groups is 1. The van der Waals surface area contributed by atoms with Crippen molar-refractivity contribution in [2.75, 3.05) is 46.4 Å². The van der Waals surface area contributed by atoms with E-state index in [0.29, 0.717) is 34.2 Å². The zero-order chi connectivity index (χ0) is 29.4. The number of hydrogen-bond acceptors (Lipinski definition) is 9. The molecule has 0 heterocycles. The van der Waals surface area contributed by atoms with E-state index < -0.39 is 22.5 Å². The van der Waals surface area contributed by atoms with E-state index in [2.05, 4.69) is 10.5 Å². The molecule has 0 radical (unpaired) electrons. The number of ether oxygens (including phenoxy) is 5. The van der Waals surface area contributed by atoms with Gasteiger partial charge in [0.15, 0.2) is 23.0 Å². The molecule has 1 amide bonds. The number of sulfonamides is 1. The number of carbonyl (C=O) groups excluding carboxylic acids is 1. The lowest BCUT2D eigenvalue weighted by molar-refractivity contribution is -0.119. The molecule has 0 aromatic heterocycles. The lowest BCUT2D eigenvalue weighted by atomic mass is 10.1. The Balaban J connectivity index is 1.93. The lowest BCUT2D eigenvalue weighted by Crippen LogP contribution is -2.39. The van der Waals surface area contributed by atoms with Gasteiger partial charge in [0.05, 0.1) is 52.3 Å². The molecule has 0 saturated carbocycles. The third kappa shape index (κ3) is 6.75. The highest BCUT2D eigenvalue weighted by atomic mass is 32.2. The van der Waals surface area contributed by atoms with Crippen molar-refractivity contribution in [3.8, 4) is 28.7 Å². The van der Waals surface area contributed by atoms with Crippen molar-refractivity contribution >= 4 is 27.8 Å². The fraction of sp³-hybridized carbons (Fsp3) is 0.286. The fourth-order valence-corrected chi connectivity index (χ4v) is 5.46. The zero-order valence-electron chi connectivity index (χ0n) is 23.5. The van der Waals surface area contributed by atoms with E-state index in [1.54, 1.807) is 24.3 Å². The largest absolute Gasteiger partial charge is 0.493 e. The van der Waals surface area contributed by atoms with Crippen LogP contribution < -0.4 is 33.4 Å². The fourth-order valence-electron chi connectivity index (χ4n) is 4.03. The smallest absolute Gasteiger partial charge is 0.264 e. The molecule has 3 aromatic rings. The molecule has 0 aliphatic heterocycles. The average molecular weight is 572 g/mol. The third-order valence-corrected chi connectivity index (χ3v) is 7.58. The van der Waals surface area contributed by atoms with E-state index in [1.807, 2.05) is 19.9 Å². The van der Waals surface area contributed by atoms with Crippen molar-refractivity contribution in [1.82, 2.24) is 5.43 Å². The van der Waals surface area contributed by atoms with Crippen LogP contribution in [0, 0.1) is 13.8 Å². The molecule has 40 heavy (non-hydrogen) atoms. The van der Waals surface area contributed by atoms with Gasteiger partial charge in [-0.1, -0.05) is 6.07 Å². The standard InChI is InChI=1S/C28H33N3O8S/c1-18-10-19(2)12-21(11-18)31(40(33,34)22-8-9-23(35-3)24(15-22)36-4)17-27(32)30-29-16-20-13-25(37-5)28(39-7)26(14-20)38-6/h8-16H,17H2,1-7H3,(H,30,32)/b29-16-. The molecule has 12 heteroatoms. The number of nitrogens with zero attached hydrogens (tertiary/aromatic N) is 2. The number of benzene rings is 3. The first kappa shape index (κ1) is 30.1. The molecular weight excluding hydrogens is 538 g/mol. The van der Waals surface area contributed by atoms with Crippen molar-refractivity contribution in [1.29, 1.82) is 0 Å². The van der Waals surface area contributed by atoms with Crippen molar-refractivity contribution in [3.63, 3.8) is 0 Å². The maximum absolute atomic E-state index is 13.8. The van der Waals surface area contributed by atoms with Gasteiger partial charge >= 0.3 is 0 Å². The first-order valence-corrected chi connectivity index (χ1v) is 13.5. The molecule has 0 unspecified atom stereocenters. The first-order valence-electron chi connectivity index (χ1n) is 12.0. The Morgan fingerprint density at radius 1 is 0.800 bits per heavy atom. The molecule has 3 aromatic carbocycles. The van der Waals surface area contributed by atoms with E-state index in [4.69, 9.17) is 23.7 Å². The minimum Gasteiger partial charge on any atom is -0.493 e. The normalized spacial score (nSPS) is 11.2. The second-order valence-corrected chi connectivity index (χ2v) is 10.5. The summed E-state index contributed by atoms with van der Waals surface area (Å²) in [5.74, 6) is 1.19. The van der Waals surface area contributed by atoms with Gasteiger partial charge in [-0.15, -0.1) is 0 Å². The molecule has 1 N–H and O–H groups in total. The van der Waals surface area contributed by atoms with Gasteiger partial charge in [0.1, 0.15) is 6.54 Å². The summed E-state index contributed by atoms with van der Waals surface area (Å²) in [6.45, 7) is 3.16. The van der Waals surface area contributed by atoms with E-state index in [1.165, 1.54) is 60.0 Å². The average Bonchev–Trinajstić information content (AvgIpc) is 2.94. The first-order chi connectivity index (χ1) is 19.1. The summed E-state index contributed by atoms with van der Waals surface area (Å²) >= 11 is 0. The molecule has 0 spiro atoms. The minimum absolute atomic E-state index is 0.0713. The SMILES string of the molecule is COc1ccc(S(=O)(=O)N(CC(=O)N/N=C\c2cc(OC)c(OC)c(OC)c2)c2cc(C)cc(C)c2)cc1OC. The Morgan fingerprint density at radius 3 is 1.90 bits per heavy atom. The molecule has 0 saturated heterocycles. The van der Waals surface area contributed by atoms with Crippen molar-refractivity contribution in [2.45, 2.75) is 18.7 Å². The Bertz CT molecular complexity index is 1460. The summed E-state index contributed by atoms with van der Waals surface area (Å²) in [7, 11) is 3.13. The predicted molar refractivity (Wildman–Crippen MR) is 152 cm³/mol. The third-order valence-electron chi connectivity index (χ3n) is 5.81. The maximum atomic E-state index is 13.8. The Hall–Kier alpha value is -4.45. The van der Waals surface area contributed by atoms with Gasteiger partial charge in [0.25, 0.3) is 15.9 Å². The summed E-state index contributed by atoms with van der Waals surface area (Å²) in [5, 5.41) is 4.00. The van der Waals surface area contributed by atoms with Crippen LogP contribution in [0.5, 0.6) is 28.7 Å². The molecule has 0 aliphatic rings. The van der Waals surface area contributed by atoms with Crippen LogP contribution in [-0.4, -0.2) is 62.6 Å². The number of anilines is 1. The summed E-state index contributed by atoms with van der Waals surface area (Å²) in [5.41, 5.74) is 4.95. The Morgan fingerprint density at radius 2 is 1.38 bits per heavy atom. The van der Waals surface area contributed by atoms with Crippen molar-refractivity contribution in [2.24, 2.45) is 5.10 Å². The van der Waals surface area contributed by atoms with Gasteiger partial charge in [-0.05, 0) is 61.4 Å². The summed E-state index contributed by atoms with van der Waals surface area (Å²) < 4.78 is 55.2. The van der Waals surface area contributed by atoms with Crippen LogP contribution in [0.3, 0.4) is 0 Å². The van der Waals surface area contributed by atoms with Crippen LogP contribution in [0.15, 0.2) is 58.5 Å². The highest BCUT2D eigenvalue weighted by molar-refractivity contribution is 7.92. The van der Waals surface area contributed by atoms with Crippen LogP contribution in [0.25, 0.3) is 0 Å². The van der Waals surface area contributed by atoms with Crippen LogP contribution in [0.2, 0.25) is 0 Å². The van der Waals surface area contributed by atoms with Gasteiger partial charge in [-0.2, -0.15) is 5.10 Å². The Labute approximate surface area is 234 Å². The van der Waals surface area contributed by atoms with Crippen LogP contribution >= 0.6 is 0 Å². The summed E-state index contributed by atoms with van der Waals surface area (Å²) in [6, 6.07) is 12.8. The molecule has 3 rings (SSSR count). The summed E-state index contributed by atoms with van der Waals surface area (Å²) in [4.78, 5) is 12.9. The predicted octanol–water partition coefficient (Wildman–Crippen LogP) is 3.69. The van der Waals surface area contributed by atoms with Crippen LogP contribution in [-0.2, 0) is 14.8 Å². The van der Waals surface area contributed by atoms with Crippen molar-refractivity contribution < 1.29 is 36.9 Å². The van der Waals surface area contributed by atoms with Crippen LogP contribution in [0.4, 0.5) is 5.69 Å². The van der Waals surface area contributed by atoms with Gasteiger partial charge < -0.3 is 23.7 Å². The number of aryl methyl sites for hydroxylation is 2. The number of amides is 1. The van der Waals surface area contributed by atoms with Crippen LogP contribution in [0.1, 0.15) is 16.7 Å². The number of rotatable bonds is 12. The highest BCUT2D eigenvalue weighted by Gasteiger charge is 2.28. The highest BCUT2D eigenvalue weighted by Crippen LogP contribution is 2.38. The van der Waals surface area contributed by atoms with E-state index in [0.717, 1.165) is 15.4 Å². The topological polar surface area (TPSA) is 125 Å². The van der Waals surface area contributed by atoms with E-state index in [-0.39, 0.29) is 10.6 Å². The Kier molecular flexibility index (Phi) is 9.83. The number of hydrogen-bond donors (Lipinski definition) is 1. The lowest BCUT2D eigenvalue weighted by Gasteiger charge is -2.25. The number of methoxy groups -OCH3 is 5. The number of nitrogens with one attached hydrogen (secondary N) is 1. The molecule has 0 fully saturated rings. The van der Waals surface area contributed by atoms with E-state index >= 15 is 0 Å². The quantitative estimate of drug-likeness (QED) is 0.258. The maximum Gasteiger partial charge on any atom is 0.264 e. The number of carbonyl (C=O) groups is 1. The van der Waals surface area contributed by atoms with Gasteiger partial charge in [-0.3, -0.25) is 9.10 Å². The van der Waals surface area contributed by atoms with Gasteiger partial charge in [0.2, 0.25) is 5.75 Å². The molecule has 214 valence electrons. The second-order valence-electron chi connectivity index (χ2n) is 8.63. The zero-order valence-corrected chi connectivity index (χ0v) is 24.3. The molecule has 11 nitrogen and oxygen atoms in total. The van der Waals surface area contributed by atoms with Gasteiger partial charge in [-0.25, -0.2) is 13.8 Å². The molecule has 0 bridgehead atoms. The molecule has 0 aliphatic carbocycles. The van der Waals surface area contributed by atoms with Gasteiger partial charge in [0, 0.05) is 11.6 Å². The molecular formula is C28H33N3O8S. The minimum atomic E-state index is -4.21. The van der Waals surface area contributed by atoms with E-state index in [9.17, 15) is 13.2 Å².